The molecule has 0 radical (unpaired) electrons. The van der Waals surface area contributed by atoms with Crippen LogP contribution in [0, 0.1) is 6.92 Å². The van der Waals surface area contributed by atoms with Crippen molar-refractivity contribution in [3.63, 3.8) is 0 Å². The highest BCUT2D eigenvalue weighted by molar-refractivity contribution is 6.31. The lowest BCUT2D eigenvalue weighted by Gasteiger charge is -2.07. The molecule has 0 spiro atoms. The van der Waals surface area contributed by atoms with E-state index < -0.39 is 0 Å². The maximum Gasteiger partial charge on any atom is 0.225 e. The molecule has 7 heteroatoms. The van der Waals surface area contributed by atoms with Crippen LogP contribution in [0.15, 0.2) is 52.6 Å². The van der Waals surface area contributed by atoms with E-state index >= 15 is 0 Å². The molecule has 0 atom stereocenters. The fourth-order valence-corrected chi connectivity index (χ4v) is 1.70. The summed E-state index contributed by atoms with van der Waals surface area (Å²) in [5.41, 5.74) is 13.2. The van der Waals surface area contributed by atoms with Crippen molar-refractivity contribution in [1.29, 1.82) is 0 Å². The van der Waals surface area contributed by atoms with E-state index in [1.165, 1.54) is 0 Å². The number of aryl methyl sites for hydroxylation is 1. The molecule has 108 valence electrons. The number of halogens is 1. The first-order chi connectivity index (χ1) is 10.0. The topological polar surface area (TPSA) is 102 Å². The number of benzene rings is 1. The molecule has 21 heavy (non-hydrogen) atoms. The van der Waals surface area contributed by atoms with Crippen LogP contribution < -0.4 is 16.8 Å². The van der Waals surface area contributed by atoms with Crippen molar-refractivity contribution in [3.8, 4) is 0 Å². The Hall–Kier alpha value is -2.60. The summed E-state index contributed by atoms with van der Waals surface area (Å²) in [4.78, 5) is 12.0. The first kappa shape index (κ1) is 14.8. The Bertz CT molecular complexity index is 681. The van der Waals surface area contributed by atoms with Crippen LogP contribution in [-0.2, 0) is 0 Å². The molecule has 0 aliphatic heterocycles. The highest BCUT2D eigenvalue weighted by atomic mass is 35.5. The van der Waals surface area contributed by atoms with Gasteiger partial charge >= 0.3 is 0 Å². The second-order valence-electron chi connectivity index (χ2n) is 4.24. The summed E-state index contributed by atoms with van der Waals surface area (Å²) in [6.07, 6.45) is 1.62. The first-order valence-electron chi connectivity index (χ1n) is 6.17. The van der Waals surface area contributed by atoms with Gasteiger partial charge in [0.2, 0.25) is 11.9 Å². The molecule has 0 aliphatic rings. The molecule has 1 aromatic carbocycles. The van der Waals surface area contributed by atoms with Crippen LogP contribution >= 0.6 is 11.6 Å². The largest absolute Gasteiger partial charge is 0.369 e. The van der Waals surface area contributed by atoms with Crippen LogP contribution in [0.5, 0.6) is 0 Å². The number of hydrogen-bond acceptors (Lipinski definition) is 2. The average Bonchev–Trinajstić information content (AvgIpc) is 2.43. The van der Waals surface area contributed by atoms with E-state index in [4.69, 9.17) is 23.1 Å². The number of aromatic nitrogens is 1. The number of rotatable bonds is 2. The smallest absolute Gasteiger partial charge is 0.225 e. The third-order valence-corrected chi connectivity index (χ3v) is 2.97. The second-order valence-corrected chi connectivity index (χ2v) is 4.65. The molecular weight excluding hydrogens is 288 g/mol. The van der Waals surface area contributed by atoms with Gasteiger partial charge in [0.1, 0.15) is 0 Å². The van der Waals surface area contributed by atoms with Crippen LogP contribution in [-0.4, -0.2) is 16.9 Å². The van der Waals surface area contributed by atoms with Crippen molar-refractivity contribution in [2.45, 2.75) is 6.92 Å². The molecule has 0 aliphatic carbocycles. The van der Waals surface area contributed by atoms with Gasteiger partial charge in [0.15, 0.2) is 5.82 Å². The third-order valence-electron chi connectivity index (χ3n) is 2.54. The number of anilines is 1. The lowest BCUT2D eigenvalue weighted by molar-refractivity contribution is 1.25. The number of nitrogens with zero attached hydrogens (tertiary/aromatic N) is 3. The molecule has 0 bridgehead atoms. The van der Waals surface area contributed by atoms with Gasteiger partial charge in [0.05, 0.1) is 0 Å². The van der Waals surface area contributed by atoms with Gasteiger partial charge in [0.25, 0.3) is 0 Å². The third kappa shape index (κ3) is 4.47. The van der Waals surface area contributed by atoms with Crippen LogP contribution in [0.1, 0.15) is 5.56 Å². The number of pyridine rings is 1. The normalized spacial score (nSPS) is 12.3. The zero-order chi connectivity index (χ0) is 15.2. The lowest BCUT2D eigenvalue weighted by Crippen LogP contribution is -2.26. The predicted molar refractivity (Wildman–Crippen MR) is 87.0 cm³/mol. The lowest BCUT2D eigenvalue weighted by atomic mass is 10.2. The summed E-state index contributed by atoms with van der Waals surface area (Å²) < 4.78 is 0. The predicted octanol–water partition coefficient (Wildman–Crippen LogP) is 2.42. The minimum absolute atomic E-state index is 0.0179. The van der Waals surface area contributed by atoms with Crippen LogP contribution in [0.2, 0.25) is 5.02 Å². The van der Waals surface area contributed by atoms with Gasteiger partial charge in [-0.1, -0.05) is 17.7 Å². The van der Waals surface area contributed by atoms with E-state index in [1.54, 1.807) is 36.5 Å². The number of hydrogen-bond donors (Lipinski definition) is 3. The minimum atomic E-state index is 0.0179. The standard InChI is InChI=1S/C14H15ClN6/c1-9-8-10(5-6-11(9)15)19-13(16)21-14(17)20-12-4-2-3-7-18-12/h2-8H,1H3,(H5,16,17,18,19,20,21). The molecule has 1 aromatic heterocycles. The van der Waals surface area contributed by atoms with Crippen molar-refractivity contribution in [1.82, 2.24) is 4.98 Å². The summed E-state index contributed by atoms with van der Waals surface area (Å²) in [5.74, 6) is 0.618. The van der Waals surface area contributed by atoms with Crippen LogP contribution in [0.25, 0.3) is 0 Å². The van der Waals surface area contributed by atoms with Gasteiger partial charge in [0, 0.05) is 16.9 Å². The Morgan fingerprint density at radius 1 is 1.24 bits per heavy atom. The van der Waals surface area contributed by atoms with Gasteiger partial charge in [-0.25, -0.2) is 4.98 Å². The van der Waals surface area contributed by atoms with E-state index in [9.17, 15) is 0 Å². The van der Waals surface area contributed by atoms with Gasteiger partial charge < -0.3 is 16.8 Å². The molecule has 6 nitrogen and oxygen atoms in total. The number of aliphatic imine (C=N–C) groups is 2. The number of nitrogens with two attached hydrogens (primary N) is 2. The fourth-order valence-electron chi connectivity index (χ4n) is 1.58. The molecule has 5 N–H and O–H groups in total. The summed E-state index contributed by atoms with van der Waals surface area (Å²) in [7, 11) is 0. The van der Waals surface area contributed by atoms with Gasteiger partial charge in [-0.05, 0) is 42.8 Å². The molecule has 2 aromatic rings. The Labute approximate surface area is 127 Å². The van der Waals surface area contributed by atoms with Gasteiger partial charge in [-0.15, -0.1) is 0 Å². The second kappa shape index (κ2) is 6.71. The fraction of sp³-hybridized carbons (Fsp3) is 0.0714. The van der Waals surface area contributed by atoms with E-state index in [0.717, 1.165) is 11.3 Å². The maximum atomic E-state index is 5.96. The Morgan fingerprint density at radius 2 is 2.05 bits per heavy atom. The Morgan fingerprint density at radius 3 is 2.71 bits per heavy atom. The van der Waals surface area contributed by atoms with Gasteiger partial charge in [-0.2, -0.15) is 9.98 Å². The summed E-state index contributed by atoms with van der Waals surface area (Å²) in [5, 5.41) is 3.60. The number of nitrogens with one attached hydrogen (secondary N) is 1. The van der Waals surface area contributed by atoms with Crippen molar-refractivity contribution >= 4 is 35.0 Å². The monoisotopic (exact) mass is 302 g/mol. The SMILES string of the molecule is Cc1cc(NC(N)=NC(N)=Nc2ccccn2)ccc1Cl. The molecule has 0 amide bonds. The summed E-state index contributed by atoms with van der Waals surface area (Å²) >= 11 is 5.96. The van der Waals surface area contributed by atoms with Crippen molar-refractivity contribution in [2.75, 3.05) is 5.32 Å². The summed E-state index contributed by atoms with van der Waals surface area (Å²) in [6, 6.07) is 10.7. The van der Waals surface area contributed by atoms with Crippen LogP contribution in [0.3, 0.4) is 0 Å². The van der Waals surface area contributed by atoms with Crippen molar-refractivity contribution < 1.29 is 0 Å². The first-order valence-corrected chi connectivity index (χ1v) is 6.55. The number of guanidine groups is 2. The molecule has 0 saturated heterocycles. The quantitative estimate of drug-likeness (QED) is 0.585. The zero-order valence-corrected chi connectivity index (χ0v) is 12.2. The van der Waals surface area contributed by atoms with Crippen LogP contribution in [0.4, 0.5) is 11.5 Å². The molecule has 0 fully saturated rings. The van der Waals surface area contributed by atoms with Gasteiger partial charge in [-0.3, -0.25) is 0 Å². The molecule has 0 saturated carbocycles. The highest BCUT2D eigenvalue weighted by Gasteiger charge is 2.00. The highest BCUT2D eigenvalue weighted by Crippen LogP contribution is 2.19. The Kier molecular flexibility index (Phi) is 4.73. The van der Waals surface area contributed by atoms with E-state index in [2.05, 4.69) is 20.3 Å². The molecule has 0 unspecified atom stereocenters. The molecule has 1 heterocycles. The van der Waals surface area contributed by atoms with Crippen molar-refractivity contribution in [2.24, 2.45) is 21.5 Å². The van der Waals surface area contributed by atoms with E-state index in [0.29, 0.717) is 10.8 Å². The van der Waals surface area contributed by atoms with E-state index in [1.807, 2.05) is 13.0 Å². The average molecular weight is 303 g/mol. The van der Waals surface area contributed by atoms with E-state index in [-0.39, 0.29) is 11.9 Å². The minimum Gasteiger partial charge on any atom is -0.369 e. The Balaban J connectivity index is 2.10. The van der Waals surface area contributed by atoms with Crippen molar-refractivity contribution in [3.05, 3.63) is 53.2 Å². The summed E-state index contributed by atoms with van der Waals surface area (Å²) in [6.45, 7) is 1.90. The molecule has 2 rings (SSSR count). The maximum absolute atomic E-state index is 5.96. The zero-order valence-electron chi connectivity index (χ0n) is 11.4. The molecular formula is C14H15ClN6.